The fourth-order valence-electron chi connectivity index (χ4n) is 5.10. The largest absolute Gasteiger partial charge is 0.341 e. The van der Waals surface area contributed by atoms with Gasteiger partial charge in [0.1, 0.15) is 0 Å². The Morgan fingerprint density at radius 3 is 2.03 bits per heavy atom. The number of nitrogens with one attached hydrogen (secondary N) is 1. The third kappa shape index (κ3) is 6.59. The standard InChI is InChI=1S/C33H39N3O2/c1-4-36(5-2)33(38)28-16-14-26(15-17-28)31(27-18-21-34-22-19-27)29-12-9-13-30(24-29)32(37)35(3)23-20-25-10-7-6-8-11-25/h6-17,24,34H,4-5,18-23H2,1-3H3. The highest BCUT2D eigenvalue weighted by Gasteiger charge is 2.19. The summed E-state index contributed by atoms with van der Waals surface area (Å²) in [4.78, 5) is 29.8. The lowest BCUT2D eigenvalue weighted by molar-refractivity contribution is 0.0770. The number of hydrogen-bond donors (Lipinski definition) is 1. The van der Waals surface area contributed by atoms with Gasteiger partial charge >= 0.3 is 0 Å². The lowest BCUT2D eigenvalue weighted by Crippen LogP contribution is -2.30. The van der Waals surface area contributed by atoms with Gasteiger partial charge in [-0.25, -0.2) is 0 Å². The lowest BCUT2D eigenvalue weighted by atomic mass is 9.87. The highest BCUT2D eigenvalue weighted by molar-refractivity contribution is 5.97. The third-order valence-corrected chi connectivity index (χ3v) is 7.36. The van der Waals surface area contributed by atoms with Crippen molar-refractivity contribution in [2.45, 2.75) is 33.1 Å². The van der Waals surface area contributed by atoms with Crippen molar-refractivity contribution in [1.82, 2.24) is 15.1 Å². The van der Waals surface area contributed by atoms with Crippen molar-refractivity contribution in [3.63, 3.8) is 0 Å². The first kappa shape index (κ1) is 27.3. The molecule has 0 atom stereocenters. The van der Waals surface area contributed by atoms with Gasteiger partial charge in [0, 0.05) is 37.8 Å². The van der Waals surface area contributed by atoms with Crippen molar-refractivity contribution in [3.05, 3.63) is 112 Å². The summed E-state index contributed by atoms with van der Waals surface area (Å²) in [7, 11) is 1.87. The Bertz CT molecular complexity index is 1250. The number of carbonyl (C=O) groups is 2. The Labute approximate surface area is 227 Å². The Balaban J connectivity index is 1.61. The van der Waals surface area contributed by atoms with E-state index in [0.29, 0.717) is 30.8 Å². The van der Waals surface area contributed by atoms with Crippen LogP contribution in [0, 0.1) is 0 Å². The average molecular weight is 510 g/mol. The minimum absolute atomic E-state index is 0.0256. The second kappa shape index (κ2) is 13.2. The molecular formula is C33H39N3O2. The molecule has 38 heavy (non-hydrogen) atoms. The Hall–Kier alpha value is -3.70. The summed E-state index contributed by atoms with van der Waals surface area (Å²) in [5.41, 5.74) is 7.31. The number of amides is 2. The van der Waals surface area contributed by atoms with Crippen LogP contribution in [0.15, 0.2) is 84.4 Å². The van der Waals surface area contributed by atoms with E-state index in [1.807, 2.05) is 74.3 Å². The summed E-state index contributed by atoms with van der Waals surface area (Å²) in [6.45, 7) is 7.94. The van der Waals surface area contributed by atoms with Crippen LogP contribution in [-0.2, 0) is 6.42 Å². The summed E-state index contributed by atoms with van der Waals surface area (Å²) < 4.78 is 0. The Morgan fingerprint density at radius 1 is 0.737 bits per heavy atom. The smallest absolute Gasteiger partial charge is 0.253 e. The van der Waals surface area contributed by atoms with E-state index in [2.05, 4.69) is 35.6 Å². The summed E-state index contributed by atoms with van der Waals surface area (Å²) in [6.07, 6.45) is 2.75. The van der Waals surface area contributed by atoms with E-state index in [1.165, 1.54) is 16.7 Å². The summed E-state index contributed by atoms with van der Waals surface area (Å²) in [6, 6.07) is 26.3. The molecule has 4 rings (SSSR count). The minimum atomic E-state index is 0.0256. The number of hydrogen-bond acceptors (Lipinski definition) is 3. The maximum absolute atomic E-state index is 13.4. The molecule has 3 aromatic carbocycles. The molecule has 1 heterocycles. The van der Waals surface area contributed by atoms with Crippen molar-refractivity contribution >= 4 is 17.4 Å². The third-order valence-electron chi connectivity index (χ3n) is 7.36. The molecule has 1 fully saturated rings. The summed E-state index contributed by atoms with van der Waals surface area (Å²) in [5.74, 6) is 0.0846. The monoisotopic (exact) mass is 509 g/mol. The van der Waals surface area contributed by atoms with Crippen molar-refractivity contribution in [2.24, 2.45) is 0 Å². The minimum Gasteiger partial charge on any atom is -0.341 e. The summed E-state index contributed by atoms with van der Waals surface area (Å²) >= 11 is 0. The molecule has 0 spiro atoms. The zero-order chi connectivity index (χ0) is 26.9. The normalized spacial score (nSPS) is 13.2. The van der Waals surface area contributed by atoms with Gasteiger partial charge in [0.25, 0.3) is 11.8 Å². The first-order valence-corrected chi connectivity index (χ1v) is 13.7. The van der Waals surface area contributed by atoms with Crippen LogP contribution in [0.25, 0.3) is 5.57 Å². The molecule has 0 saturated carbocycles. The van der Waals surface area contributed by atoms with Crippen LogP contribution in [-0.4, -0.2) is 61.4 Å². The van der Waals surface area contributed by atoms with E-state index in [4.69, 9.17) is 0 Å². The quantitative estimate of drug-likeness (QED) is 0.404. The molecular weight excluding hydrogens is 470 g/mol. The molecule has 2 amide bonds. The molecule has 0 bridgehead atoms. The van der Waals surface area contributed by atoms with Crippen LogP contribution < -0.4 is 5.32 Å². The molecule has 0 unspecified atom stereocenters. The van der Waals surface area contributed by atoms with E-state index < -0.39 is 0 Å². The van der Waals surface area contributed by atoms with Gasteiger partial charge < -0.3 is 15.1 Å². The predicted molar refractivity (Wildman–Crippen MR) is 155 cm³/mol. The maximum Gasteiger partial charge on any atom is 0.253 e. The second-order valence-electron chi connectivity index (χ2n) is 9.83. The second-order valence-corrected chi connectivity index (χ2v) is 9.83. The number of carbonyl (C=O) groups excluding carboxylic acids is 2. The van der Waals surface area contributed by atoms with Gasteiger partial charge in [-0.2, -0.15) is 0 Å². The van der Waals surface area contributed by atoms with Gasteiger partial charge in [-0.05, 0) is 92.7 Å². The van der Waals surface area contributed by atoms with Gasteiger partial charge in [0.2, 0.25) is 0 Å². The maximum atomic E-state index is 13.4. The topological polar surface area (TPSA) is 52.7 Å². The van der Waals surface area contributed by atoms with E-state index in [0.717, 1.165) is 43.5 Å². The number of rotatable bonds is 9. The van der Waals surface area contributed by atoms with Gasteiger partial charge in [0.05, 0.1) is 0 Å². The lowest BCUT2D eigenvalue weighted by Gasteiger charge is -2.23. The number of piperidine rings is 1. The van der Waals surface area contributed by atoms with Crippen LogP contribution in [0.3, 0.4) is 0 Å². The van der Waals surface area contributed by atoms with E-state index in [-0.39, 0.29) is 11.8 Å². The first-order chi connectivity index (χ1) is 18.5. The zero-order valence-corrected chi connectivity index (χ0v) is 22.9. The van der Waals surface area contributed by atoms with Crippen LogP contribution in [0.2, 0.25) is 0 Å². The molecule has 3 aromatic rings. The average Bonchev–Trinajstić information content (AvgIpc) is 2.98. The zero-order valence-electron chi connectivity index (χ0n) is 22.9. The van der Waals surface area contributed by atoms with Crippen LogP contribution in [0.5, 0.6) is 0 Å². The van der Waals surface area contributed by atoms with E-state index in [9.17, 15) is 9.59 Å². The molecule has 198 valence electrons. The van der Waals surface area contributed by atoms with Gasteiger partial charge in [-0.15, -0.1) is 0 Å². The molecule has 5 nitrogen and oxygen atoms in total. The van der Waals surface area contributed by atoms with Crippen LogP contribution >= 0.6 is 0 Å². The number of likely N-dealkylation sites (N-methyl/N-ethyl adjacent to an activating group) is 1. The highest BCUT2D eigenvalue weighted by atomic mass is 16.2. The van der Waals surface area contributed by atoms with E-state index in [1.54, 1.807) is 4.90 Å². The summed E-state index contributed by atoms with van der Waals surface area (Å²) in [5, 5.41) is 3.45. The fraction of sp³-hybridized carbons (Fsp3) is 0.333. The number of benzene rings is 3. The molecule has 1 aliphatic heterocycles. The molecule has 0 radical (unpaired) electrons. The van der Waals surface area contributed by atoms with Crippen molar-refractivity contribution < 1.29 is 9.59 Å². The molecule has 1 N–H and O–H groups in total. The fourth-order valence-corrected chi connectivity index (χ4v) is 5.10. The van der Waals surface area contributed by atoms with Crippen molar-refractivity contribution in [1.29, 1.82) is 0 Å². The Kier molecular flexibility index (Phi) is 9.50. The van der Waals surface area contributed by atoms with Crippen molar-refractivity contribution in [3.8, 4) is 0 Å². The molecule has 0 aromatic heterocycles. The number of nitrogens with zero attached hydrogens (tertiary/aromatic N) is 2. The molecule has 1 aliphatic rings. The SMILES string of the molecule is CCN(CC)C(=O)c1ccc(C(=C2CCNCC2)c2cccc(C(=O)N(C)CCc3ccccc3)c2)cc1. The van der Waals surface area contributed by atoms with Crippen LogP contribution in [0.1, 0.15) is 64.1 Å². The first-order valence-electron chi connectivity index (χ1n) is 13.7. The highest BCUT2D eigenvalue weighted by Crippen LogP contribution is 2.32. The Morgan fingerprint density at radius 2 is 1.37 bits per heavy atom. The predicted octanol–water partition coefficient (Wildman–Crippen LogP) is 5.67. The van der Waals surface area contributed by atoms with Crippen LogP contribution in [0.4, 0.5) is 0 Å². The van der Waals surface area contributed by atoms with Crippen molar-refractivity contribution in [2.75, 3.05) is 39.8 Å². The molecule has 1 saturated heterocycles. The molecule has 0 aliphatic carbocycles. The van der Waals surface area contributed by atoms with Gasteiger partial charge in [-0.3, -0.25) is 9.59 Å². The van der Waals surface area contributed by atoms with Gasteiger partial charge in [0.15, 0.2) is 0 Å². The van der Waals surface area contributed by atoms with Gasteiger partial charge in [-0.1, -0.05) is 60.2 Å². The van der Waals surface area contributed by atoms with E-state index >= 15 is 0 Å². The molecule has 5 heteroatoms.